The molecule has 0 radical (unpaired) electrons. The highest BCUT2D eigenvalue weighted by molar-refractivity contribution is 4.93. The Morgan fingerprint density at radius 3 is 2.70 bits per heavy atom. The van der Waals surface area contributed by atoms with Crippen LogP contribution in [0, 0.1) is 5.92 Å². The van der Waals surface area contributed by atoms with Crippen molar-refractivity contribution in [1.82, 2.24) is 10.1 Å². The van der Waals surface area contributed by atoms with Crippen molar-refractivity contribution < 1.29 is 9.26 Å². The summed E-state index contributed by atoms with van der Waals surface area (Å²) in [5, 5.41) is 4.07. The van der Waals surface area contributed by atoms with Crippen LogP contribution >= 0.6 is 0 Å². The van der Waals surface area contributed by atoms with Crippen molar-refractivity contribution in [1.29, 1.82) is 0 Å². The molecule has 0 amide bonds. The minimum Gasteiger partial charge on any atom is -0.378 e. The fourth-order valence-electron chi connectivity index (χ4n) is 3.38. The fraction of sp³-hybridized carbons (Fsp3) is 0.867. The normalized spacial score (nSPS) is 25.9. The minimum atomic E-state index is 0.164. The van der Waals surface area contributed by atoms with Gasteiger partial charge in [-0.25, -0.2) is 0 Å². The summed E-state index contributed by atoms with van der Waals surface area (Å²) < 4.78 is 11.0. The summed E-state index contributed by atoms with van der Waals surface area (Å²) in [5.41, 5.74) is 6.25. The number of ether oxygens (including phenoxy) is 1. The number of aromatic nitrogens is 2. The van der Waals surface area contributed by atoms with Crippen molar-refractivity contribution in [2.75, 3.05) is 6.61 Å². The maximum Gasteiger partial charge on any atom is 0.228 e. The van der Waals surface area contributed by atoms with Crippen LogP contribution in [0.2, 0.25) is 0 Å². The summed E-state index contributed by atoms with van der Waals surface area (Å²) >= 11 is 0. The zero-order chi connectivity index (χ0) is 13.8. The van der Waals surface area contributed by atoms with Crippen LogP contribution in [0.1, 0.15) is 56.7 Å². The van der Waals surface area contributed by atoms with Gasteiger partial charge in [-0.15, -0.1) is 0 Å². The second-order valence-electron chi connectivity index (χ2n) is 6.21. The SMILES string of the molecule is NC(Cc1nc(CC2CCCCO2)no1)C1CCCC1. The van der Waals surface area contributed by atoms with Gasteiger partial charge < -0.3 is 15.0 Å². The molecule has 2 heterocycles. The average Bonchev–Trinajstić information content (AvgIpc) is 3.11. The number of nitrogens with two attached hydrogens (primary N) is 1. The van der Waals surface area contributed by atoms with E-state index in [9.17, 15) is 0 Å². The van der Waals surface area contributed by atoms with E-state index in [0.717, 1.165) is 25.3 Å². The van der Waals surface area contributed by atoms with Gasteiger partial charge in [0, 0.05) is 25.5 Å². The van der Waals surface area contributed by atoms with Crippen LogP contribution in [-0.4, -0.2) is 28.9 Å². The second-order valence-corrected chi connectivity index (χ2v) is 6.21. The van der Waals surface area contributed by atoms with Gasteiger partial charge in [-0.3, -0.25) is 0 Å². The van der Waals surface area contributed by atoms with Gasteiger partial charge in [0.1, 0.15) is 0 Å². The van der Waals surface area contributed by atoms with Gasteiger partial charge in [-0.2, -0.15) is 4.98 Å². The lowest BCUT2D eigenvalue weighted by atomic mass is 9.96. The van der Waals surface area contributed by atoms with Crippen molar-refractivity contribution in [3.05, 3.63) is 11.7 Å². The summed E-state index contributed by atoms with van der Waals surface area (Å²) in [6, 6.07) is 0.164. The largest absolute Gasteiger partial charge is 0.378 e. The first kappa shape index (κ1) is 14.0. The molecule has 2 N–H and O–H groups in total. The topological polar surface area (TPSA) is 74.2 Å². The van der Waals surface area contributed by atoms with E-state index in [1.54, 1.807) is 0 Å². The van der Waals surface area contributed by atoms with Crippen LogP contribution in [0.25, 0.3) is 0 Å². The third-order valence-corrected chi connectivity index (χ3v) is 4.61. The molecule has 5 nitrogen and oxygen atoms in total. The van der Waals surface area contributed by atoms with Crippen molar-refractivity contribution >= 4 is 0 Å². The van der Waals surface area contributed by atoms with Gasteiger partial charge in [0.15, 0.2) is 5.82 Å². The number of rotatable bonds is 5. The summed E-state index contributed by atoms with van der Waals surface area (Å²) in [4.78, 5) is 4.48. The number of hydrogen-bond acceptors (Lipinski definition) is 5. The highest BCUT2D eigenvalue weighted by atomic mass is 16.5. The first-order chi connectivity index (χ1) is 9.81. The molecular formula is C15H25N3O2. The Kier molecular flexibility index (Phi) is 4.68. The van der Waals surface area contributed by atoms with E-state index in [-0.39, 0.29) is 12.1 Å². The maximum atomic E-state index is 6.25. The van der Waals surface area contributed by atoms with Crippen LogP contribution in [0.4, 0.5) is 0 Å². The Morgan fingerprint density at radius 2 is 1.95 bits per heavy atom. The molecule has 1 aliphatic carbocycles. The van der Waals surface area contributed by atoms with E-state index in [2.05, 4.69) is 10.1 Å². The Balaban J connectivity index is 1.50. The average molecular weight is 279 g/mol. The second kappa shape index (κ2) is 6.68. The van der Waals surface area contributed by atoms with E-state index in [1.165, 1.54) is 38.5 Å². The molecule has 1 aromatic rings. The molecular weight excluding hydrogens is 254 g/mol. The standard InChI is InChI=1S/C15H25N3O2/c16-13(11-5-1-2-6-11)10-15-17-14(18-20-15)9-12-7-3-4-8-19-12/h11-13H,1-10,16H2. The molecule has 0 spiro atoms. The van der Waals surface area contributed by atoms with Gasteiger partial charge in [0.05, 0.1) is 6.10 Å². The van der Waals surface area contributed by atoms with E-state index in [1.807, 2.05) is 0 Å². The Morgan fingerprint density at radius 1 is 1.15 bits per heavy atom. The van der Waals surface area contributed by atoms with Crippen molar-refractivity contribution in [3.8, 4) is 0 Å². The maximum absolute atomic E-state index is 6.25. The first-order valence-electron chi connectivity index (χ1n) is 8.00. The van der Waals surface area contributed by atoms with E-state index in [4.69, 9.17) is 15.0 Å². The lowest BCUT2D eigenvalue weighted by Crippen LogP contribution is -2.30. The number of nitrogens with zero attached hydrogens (tertiary/aromatic N) is 2. The third-order valence-electron chi connectivity index (χ3n) is 4.61. The molecule has 1 saturated heterocycles. The summed E-state index contributed by atoms with van der Waals surface area (Å²) in [7, 11) is 0. The van der Waals surface area contributed by atoms with Crippen LogP contribution < -0.4 is 5.73 Å². The van der Waals surface area contributed by atoms with Crippen LogP contribution in [0.3, 0.4) is 0 Å². The Hall–Kier alpha value is -0.940. The Labute approximate surface area is 120 Å². The predicted octanol–water partition coefficient (Wildman–Crippen LogP) is 2.24. The van der Waals surface area contributed by atoms with Gasteiger partial charge in [-0.05, 0) is 38.0 Å². The molecule has 0 aromatic carbocycles. The molecule has 112 valence electrons. The van der Waals surface area contributed by atoms with Crippen LogP contribution in [0.5, 0.6) is 0 Å². The van der Waals surface area contributed by atoms with Crippen molar-refractivity contribution in [2.24, 2.45) is 11.7 Å². The molecule has 2 fully saturated rings. The van der Waals surface area contributed by atoms with Gasteiger partial charge in [0.25, 0.3) is 0 Å². The molecule has 20 heavy (non-hydrogen) atoms. The van der Waals surface area contributed by atoms with E-state index >= 15 is 0 Å². The highest BCUT2D eigenvalue weighted by Gasteiger charge is 2.24. The summed E-state index contributed by atoms with van der Waals surface area (Å²) in [5.74, 6) is 2.09. The highest BCUT2D eigenvalue weighted by Crippen LogP contribution is 2.28. The predicted molar refractivity (Wildman–Crippen MR) is 75.2 cm³/mol. The third kappa shape index (κ3) is 3.58. The molecule has 2 atom stereocenters. The van der Waals surface area contributed by atoms with Gasteiger partial charge >= 0.3 is 0 Å². The Bertz CT molecular complexity index is 409. The number of hydrogen-bond donors (Lipinski definition) is 1. The molecule has 2 unspecified atom stereocenters. The molecule has 1 saturated carbocycles. The molecule has 2 aliphatic rings. The molecule has 3 rings (SSSR count). The van der Waals surface area contributed by atoms with Crippen molar-refractivity contribution in [3.63, 3.8) is 0 Å². The van der Waals surface area contributed by atoms with E-state index in [0.29, 0.717) is 18.2 Å². The lowest BCUT2D eigenvalue weighted by Gasteiger charge is -2.20. The first-order valence-corrected chi connectivity index (χ1v) is 8.00. The van der Waals surface area contributed by atoms with Crippen LogP contribution in [-0.2, 0) is 17.6 Å². The summed E-state index contributed by atoms with van der Waals surface area (Å²) in [6.07, 6.45) is 10.4. The quantitative estimate of drug-likeness (QED) is 0.894. The monoisotopic (exact) mass is 279 g/mol. The molecule has 5 heteroatoms. The zero-order valence-corrected chi connectivity index (χ0v) is 12.1. The van der Waals surface area contributed by atoms with E-state index < -0.39 is 0 Å². The van der Waals surface area contributed by atoms with Crippen LogP contribution in [0.15, 0.2) is 4.52 Å². The fourth-order valence-corrected chi connectivity index (χ4v) is 3.38. The molecule has 0 bridgehead atoms. The van der Waals surface area contributed by atoms with Gasteiger partial charge in [-0.1, -0.05) is 18.0 Å². The zero-order valence-electron chi connectivity index (χ0n) is 12.1. The summed E-state index contributed by atoms with van der Waals surface area (Å²) in [6.45, 7) is 0.863. The van der Waals surface area contributed by atoms with Gasteiger partial charge in [0.2, 0.25) is 5.89 Å². The smallest absolute Gasteiger partial charge is 0.228 e. The van der Waals surface area contributed by atoms with Crippen molar-refractivity contribution in [2.45, 2.75) is 69.9 Å². The molecule has 1 aliphatic heterocycles. The molecule has 1 aromatic heterocycles. The lowest BCUT2D eigenvalue weighted by molar-refractivity contribution is 0.0153. The minimum absolute atomic E-state index is 0.164.